The molecule has 0 saturated carbocycles. The number of rotatable bonds is 5. The standard InChI is InChI=1S/C23H27O2P/c1-13(2)26(22(24)20-16(5)9-14(3)10-17(20)6)23(25)21-18(7)11-15(4)12-19(21)8/h9-12H,1H2,2-8H3. The van der Waals surface area contributed by atoms with E-state index in [1.807, 2.05) is 65.8 Å². The molecule has 0 fully saturated rings. The van der Waals surface area contributed by atoms with Crippen molar-refractivity contribution < 1.29 is 9.59 Å². The summed E-state index contributed by atoms with van der Waals surface area (Å²) in [6, 6.07) is 8.00. The van der Waals surface area contributed by atoms with Gasteiger partial charge < -0.3 is 0 Å². The van der Waals surface area contributed by atoms with Crippen molar-refractivity contribution >= 4 is 19.0 Å². The number of aryl methyl sites for hydroxylation is 6. The normalized spacial score (nSPS) is 10.9. The molecule has 2 aromatic carbocycles. The third-order valence-electron chi connectivity index (χ3n) is 4.57. The van der Waals surface area contributed by atoms with Crippen molar-refractivity contribution in [3.05, 3.63) is 80.7 Å². The van der Waals surface area contributed by atoms with Crippen LogP contribution in [0.25, 0.3) is 0 Å². The minimum Gasteiger partial charge on any atom is -0.288 e. The zero-order valence-electron chi connectivity index (χ0n) is 16.8. The maximum absolute atomic E-state index is 13.4. The summed E-state index contributed by atoms with van der Waals surface area (Å²) in [5, 5.41) is 0.647. The van der Waals surface area contributed by atoms with E-state index in [4.69, 9.17) is 0 Å². The first-order valence-electron chi connectivity index (χ1n) is 8.74. The van der Waals surface area contributed by atoms with E-state index in [2.05, 4.69) is 6.58 Å². The monoisotopic (exact) mass is 366 g/mol. The zero-order chi connectivity index (χ0) is 19.8. The molecule has 0 aliphatic heterocycles. The van der Waals surface area contributed by atoms with Crippen molar-refractivity contribution in [1.82, 2.24) is 0 Å². The molecule has 0 unspecified atom stereocenters. The first-order chi connectivity index (χ1) is 12.0. The molecule has 0 N–H and O–H groups in total. The number of carbonyl (C=O) groups excluding carboxylic acids is 2. The van der Waals surface area contributed by atoms with Crippen LogP contribution in [0.5, 0.6) is 0 Å². The van der Waals surface area contributed by atoms with Gasteiger partial charge in [-0.2, -0.15) is 0 Å². The van der Waals surface area contributed by atoms with Gasteiger partial charge in [-0.05, 0) is 76.0 Å². The number of carbonyl (C=O) groups is 2. The lowest BCUT2D eigenvalue weighted by molar-refractivity contribution is 0.105. The predicted molar refractivity (Wildman–Crippen MR) is 112 cm³/mol. The molecule has 0 atom stereocenters. The Balaban J connectivity index is 2.59. The van der Waals surface area contributed by atoms with Crippen molar-refractivity contribution in [1.29, 1.82) is 0 Å². The predicted octanol–water partition coefficient (Wildman–Crippen LogP) is 6.53. The van der Waals surface area contributed by atoms with Crippen LogP contribution in [0, 0.1) is 41.5 Å². The lowest BCUT2D eigenvalue weighted by Gasteiger charge is -2.20. The van der Waals surface area contributed by atoms with Crippen LogP contribution >= 0.6 is 7.92 Å². The fourth-order valence-electron chi connectivity index (χ4n) is 3.70. The lowest BCUT2D eigenvalue weighted by Crippen LogP contribution is -2.12. The van der Waals surface area contributed by atoms with E-state index >= 15 is 0 Å². The molecule has 0 bridgehead atoms. The second-order valence-corrected chi connectivity index (χ2v) is 9.48. The van der Waals surface area contributed by atoms with E-state index in [1.165, 1.54) is 0 Å². The van der Waals surface area contributed by atoms with Gasteiger partial charge in [-0.25, -0.2) is 0 Å². The summed E-state index contributed by atoms with van der Waals surface area (Å²) in [6.45, 7) is 17.6. The lowest BCUT2D eigenvalue weighted by atomic mass is 10.0. The van der Waals surface area contributed by atoms with Crippen LogP contribution in [0.2, 0.25) is 0 Å². The number of hydrogen-bond acceptors (Lipinski definition) is 2. The SMILES string of the molecule is C=C(C)P(C(=O)c1c(C)cc(C)cc1C)C(=O)c1c(C)cc(C)cc1C. The van der Waals surface area contributed by atoms with E-state index in [-0.39, 0.29) is 11.0 Å². The Morgan fingerprint density at radius 3 is 1.19 bits per heavy atom. The van der Waals surface area contributed by atoms with Crippen molar-refractivity contribution in [3.63, 3.8) is 0 Å². The molecule has 2 nitrogen and oxygen atoms in total. The van der Waals surface area contributed by atoms with Crippen LogP contribution in [-0.4, -0.2) is 11.0 Å². The van der Waals surface area contributed by atoms with E-state index in [1.54, 1.807) is 6.92 Å². The Morgan fingerprint density at radius 1 is 0.692 bits per heavy atom. The second kappa shape index (κ2) is 7.68. The number of benzene rings is 2. The summed E-state index contributed by atoms with van der Waals surface area (Å²) in [5.41, 5.74) is 7.08. The topological polar surface area (TPSA) is 34.1 Å². The molecule has 3 heteroatoms. The number of allylic oxidation sites excluding steroid dienone is 1. The van der Waals surface area contributed by atoms with Gasteiger partial charge in [0.05, 0.1) is 7.92 Å². The Morgan fingerprint density at radius 2 is 0.962 bits per heavy atom. The van der Waals surface area contributed by atoms with Crippen LogP contribution < -0.4 is 0 Å². The van der Waals surface area contributed by atoms with Gasteiger partial charge in [-0.3, -0.25) is 9.59 Å². The summed E-state index contributed by atoms with van der Waals surface area (Å²) >= 11 is 0. The third-order valence-corrected chi connectivity index (χ3v) is 6.59. The maximum Gasteiger partial charge on any atom is 0.196 e. The van der Waals surface area contributed by atoms with Crippen LogP contribution in [-0.2, 0) is 0 Å². The summed E-state index contributed by atoms with van der Waals surface area (Å²) in [6.07, 6.45) is 0. The molecule has 0 spiro atoms. The first-order valence-corrected chi connectivity index (χ1v) is 10.1. The van der Waals surface area contributed by atoms with Gasteiger partial charge in [0.15, 0.2) is 11.0 Å². The zero-order valence-corrected chi connectivity index (χ0v) is 17.7. The van der Waals surface area contributed by atoms with Crippen molar-refractivity contribution in [2.45, 2.75) is 48.5 Å². The Labute approximate surface area is 158 Å². The molecular weight excluding hydrogens is 339 g/mol. The van der Waals surface area contributed by atoms with E-state index < -0.39 is 7.92 Å². The molecule has 136 valence electrons. The van der Waals surface area contributed by atoms with Gasteiger partial charge in [0.2, 0.25) is 0 Å². The van der Waals surface area contributed by atoms with Crippen LogP contribution in [0.3, 0.4) is 0 Å². The molecule has 26 heavy (non-hydrogen) atoms. The highest BCUT2D eigenvalue weighted by Gasteiger charge is 2.32. The van der Waals surface area contributed by atoms with Gasteiger partial charge in [-0.1, -0.05) is 42.0 Å². The van der Waals surface area contributed by atoms with Crippen molar-refractivity contribution in [2.75, 3.05) is 0 Å². The quantitative estimate of drug-likeness (QED) is 0.564. The highest BCUT2D eigenvalue weighted by Crippen LogP contribution is 2.51. The average molecular weight is 366 g/mol. The third kappa shape index (κ3) is 3.86. The van der Waals surface area contributed by atoms with Gasteiger partial charge in [0, 0.05) is 11.1 Å². The fraction of sp³-hybridized carbons (Fsp3) is 0.304. The summed E-state index contributed by atoms with van der Waals surface area (Å²) < 4.78 is 0. The van der Waals surface area contributed by atoms with Crippen LogP contribution in [0.15, 0.2) is 36.2 Å². The van der Waals surface area contributed by atoms with Gasteiger partial charge >= 0.3 is 0 Å². The molecule has 2 rings (SSSR count). The molecule has 0 aliphatic rings. The molecule has 0 heterocycles. The first kappa shape index (κ1) is 20.3. The second-order valence-electron chi connectivity index (χ2n) is 7.23. The molecule has 2 aromatic rings. The summed E-state index contributed by atoms with van der Waals surface area (Å²) in [5.74, 6) is 0. The highest BCUT2D eigenvalue weighted by atomic mass is 31.1. The van der Waals surface area contributed by atoms with E-state index in [0.717, 1.165) is 33.4 Å². The van der Waals surface area contributed by atoms with E-state index in [9.17, 15) is 9.59 Å². The van der Waals surface area contributed by atoms with Gasteiger partial charge in [0.1, 0.15) is 0 Å². The Kier molecular flexibility index (Phi) is 5.98. The van der Waals surface area contributed by atoms with E-state index in [0.29, 0.717) is 16.4 Å². The number of hydrogen-bond donors (Lipinski definition) is 0. The molecule has 0 amide bonds. The van der Waals surface area contributed by atoms with Gasteiger partial charge in [0.25, 0.3) is 0 Å². The maximum atomic E-state index is 13.4. The van der Waals surface area contributed by atoms with Crippen molar-refractivity contribution in [3.8, 4) is 0 Å². The molecule has 0 radical (unpaired) electrons. The van der Waals surface area contributed by atoms with Gasteiger partial charge in [-0.15, -0.1) is 0 Å². The smallest absolute Gasteiger partial charge is 0.196 e. The largest absolute Gasteiger partial charge is 0.288 e. The van der Waals surface area contributed by atoms with Crippen LogP contribution in [0.4, 0.5) is 0 Å². The minimum absolute atomic E-state index is 0.0909. The average Bonchev–Trinajstić information content (AvgIpc) is 2.44. The molecular formula is C23H27O2P. The highest BCUT2D eigenvalue weighted by molar-refractivity contribution is 7.93. The molecule has 0 saturated heterocycles. The van der Waals surface area contributed by atoms with Crippen molar-refractivity contribution in [2.24, 2.45) is 0 Å². The van der Waals surface area contributed by atoms with Crippen LogP contribution in [0.1, 0.15) is 61.0 Å². The summed E-state index contributed by atoms with van der Waals surface area (Å²) in [7, 11) is -1.65. The molecule has 0 aliphatic carbocycles. The molecule has 0 aromatic heterocycles. The fourth-order valence-corrected chi connectivity index (χ4v) is 5.73. The minimum atomic E-state index is -1.65. The summed E-state index contributed by atoms with van der Waals surface area (Å²) in [4.78, 5) is 26.8. The Hall–Kier alpha value is -2.05. The Bertz CT molecular complexity index is 806.